The summed E-state index contributed by atoms with van der Waals surface area (Å²) in [7, 11) is 0. The van der Waals surface area contributed by atoms with Crippen molar-refractivity contribution in [2.45, 2.75) is 44.7 Å². The minimum absolute atomic E-state index is 0.222. The molecular weight excluding hydrogens is 138 g/mol. The molecule has 0 saturated carbocycles. The van der Waals surface area contributed by atoms with Crippen molar-refractivity contribution in [3.8, 4) is 0 Å². The van der Waals surface area contributed by atoms with Gasteiger partial charge in [0.15, 0.2) is 5.78 Å². The lowest BCUT2D eigenvalue weighted by molar-refractivity contribution is -0.119. The van der Waals surface area contributed by atoms with E-state index < -0.39 is 0 Å². The van der Waals surface area contributed by atoms with E-state index in [0.717, 1.165) is 13.0 Å². The largest absolute Gasteiger partial charge is 0.298 e. The van der Waals surface area contributed by atoms with Crippen LogP contribution >= 0.6 is 0 Å². The molecule has 2 heteroatoms. The van der Waals surface area contributed by atoms with Crippen LogP contribution in [0.1, 0.15) is 32.6 Å². The van der Waals surface area contributed by atoms with Gasteiger partial charge in [-0.3, -0.25) is 9.69 Å². The van der Waals surface area contributed by atoms with Gasteiger partial charge >= 0.3 is 0 Å². The Morgan fingerprint density at radius 1 is 1.45 bits per heavy atom. The van der Waals surface area contributed by atoms with Crippen LogP contribution in [0.2, 0.25) is 0 Å². The highest BCUT2D eigenvalue weighted by Gasteiger charge is 2.37. The van der Waals surface area contributed by atoms with Crippen LogP contribution in [0.5, 0.6) is 0 Å². The first-order chi connectivity index (χ1) is 5.29. The Morgan fingerprint density at radius 2 is 2.27 bits per heavy atom. The van der Waals surface area contributed by atoms with Crippen LogP contribution in [0.15, 0.2) is 0 Å². The molecule has 11 heavy (non-hydrogen) atoms. The molecule has 2 fully saturated rings. The Balaban J connectivity index is 2.11. The van der Waals surface area contributed by atoms with E-state index in [1.165, 1.54) is 19.3 Å². The van der Waals surface area contributed by atoms with Crippen LogP contribution in [0, 0.1) is 0 Å². The molecule has 0 spiro atoms. The van der Waals surface area contributed by atoms with E-state index in [9.17, 15) is 4.79 Å². The van der Waals surface area contributed by atoms with Gasteiger partial charge in [-0.2, -0.15) is 0 Å². The Hall–Kier alpha value is -0.370. The lowest BCUT2D eigenvalue weighted by Crippen LogP contribution is -2.39. The molecule has 2 aliphatic rings. The lowest BCUT2D eigenvalue weighted by Gasteiger charge is -2.31. The molecule has 0 aromatic heterocycles. The quantitative estimate of drug-likeness (QED) is 0.521. The number of carbonyl (C=O) groups excluding carboxylic acids is 1. The highest BCUT2D eigenvalue weighted by atomic mass is 16.1. The number of fused-ring (bicyclic) bond motifs is 1. The van der Waals surface area contributed by atoms with E-state index in [-0.39, 0.29) is 6.04 Å². The number of piperidine rings is 1. The second-order valence-corrected chi connectivity index (χ2v) is 3.73. The van der Waals surface area contributed by atoms with Gasteiger partial charge in [-0.1, -0.05) is 6.42 Å². The number of hydrogen-bond acceptors (Lipinski definition) is 2. The zero-order chi connectivity index (χ0) is 7.84. The van der Waals surface area contributed by atoms with Gasteiger partial charge in [0, 0.05) is 12.5 Å². The molecule has 0 amide bonds. The van der Waals surface area contributed by atoms with Gasteiger partial charge in [0.1, 0.15) is 0 Å². The van der Waals surface area contributed by atoms with Crippen LogP contribution in [0.25, 0.3) is 0 Å². The molecule has 0 bridgehead atoms. The monoisotopic (exact) mass is 153 g/mol. The van der Waals surface area contributed by atoms with Crippen molar-refractivity contribution in [1.82, 2.24) is 4.90 Å². The fraction of sp³-hybridized carbons (Fsp3) is 0.889. The third-order valence-electron chi connectivity index (χ3n) is 3.07. The average Bonchev–Trinajstić information content (AvgIpc) is 2.30. The van der Waals surface area contributed by atoms with E-state index in [4.69, 9.17) is 0 Å². The molecule has 0 N–H and O–H groups in total. The van der Waals surface area contributed by atoms with Crippen molar-refractivity contribution in [3.63, 3.8) is 0 Å². The zero-order valence-electron chi connectivity index (χ0n) is 7.05. The molecule has 2 nitrogen and oxygen atoms in total. The molecule has 2 aliphatic heterocycles. The van der Waals surface area contributed by atoms with Crippen molar-refractivity contribution < 1.29 is 4.79 Å². The molecular formula is C9H15NO. The summed E-state index contributed by atoms with van der Waals surface area (Å²) in [5, 5.41) is 0. The summed E-state index contributed by atoms with van der Waals surface area (Å²) in [6.45, 7) is 3.20. The number of hydrogen-bond donors (Lipinski definition) is 0. The predicted octanol–water partition coefficient (Wildman–Crippen LogP) is 1.20. The third-order valence-corrected chi connectivity index (χ3v) is 3.07. The molecule has 62 valence electrons. The highest BCUT2D eigenvalue weighted by molar-refractivity contribution is 5.86. The van der Waals surface area contributed by atoms with Crippen molar-refractivity contribution >= 4 is 5.78 Å². The van der Waals surface area contributed by atoms with Gasteiger partial charge in [0.05, 0.1) is 6.04 Å². The molecule has 2 atom stereocenters. The summed E-state index contributed by atoms with van der Waals surface area (Å²) in [4.78, 5) is 13.7. The summed E-state index contributed by atoms with van der Waals surface area (Å²) >= 11 is 0. The SMILES string of the molecule is CC1C(=O)CC2CCCCN21. The smallest absolute Gasteiger partial charge is 0.151 e. The van der Waals surface area contributed by atoms with Crippen LogP contribution in [-0.4, -0.2) is 29.3 Å². The summed E-state index contributed by atoms with van der Waals surface area (Å²) in [5.74, 6) is 0.455. The topological polar surface area (TPSA) is 20.3 Å². The van der Waals surface area contributed by atoms with Crippen molar-refractivity contribution in [3.05, 3.63) is 0 Å². The minimum Gasteiger partial charge on any atom is -0.298 e. The van der Waals surface area contributed by atoms with E-state index in [1.54, 1.807) is 0 Å². The maximum Gasteiger partial charge on any atom is 0.151 e. The van der Waals surface area contributed by atoms with Gasteiger partial charge in [-0.25, -0.2) is 0 Å². The number of nitrogens with zero attached hydrogens (tertiary/aromatic N) is 1. The maximum absolute atomic E-state index is 11.3. The molecule has 0 aliphatic carbocycles. The second kappa shape index (κ2) is 2.59. The highest BCUT2D eigenvalue weighted by Crippen LogP contribution is 2.28. The zero-order valence-corrected chi connectivity index (χ0v) is 7.05. The molecule has 2 saturated heterocycles. The van der Waals surface area contributed by atoms with Gasteiger partial charge in [-0.05, 0) is 26.3 Å². The first kappa shape index (κ1) is 7.29. The van der Waals surface area contributed by atoms with Gasteiger partial charge in [0.25, 0.3) is 0 Å². The molecule has 2 rings (SSSR count). The van der Waals surface area contributed by atoms with Gasteiger partial charge < -0.3 is 0 Å². The van der Waals surface area contributed by atoms with Crippen LogP contribution in [0.4, 0.5) is 0 Å². The third kappa shape index (κ3) is 1.09. The van der Waals surface area contributed by atoms with Crippen molar-refractivity contribution in [2.75, 3.05) is 6.54 Å². The van der Waals surface area contributed by atoms with E-state index in [1.807, 2.05) is 6.92 Å². The molecule has 0 radical (unpaired) electrons. The molecule has 0 aromatic rings. The number of ketones is 1. The minimum atomic E-state index is 0.222. The summed E-state index contributed by atoms with van der Waals surface area (Å²) in [6, 6.07) is 0.826. The fourth-order valence-electron chi connectivity index (χ4n) is 2.34. The Morgan fingerprint density at radius 3 is 3.00 bits per heavy atom. The Labute approximate surface area is 67.6 Å². The van der Waals surface area contributed by atoms with Crippen LogP contribution in [0.3, 0.4) is 0 Å². The molecule has 2 unspecified atom stereocenters. The number of carbonyl (C=O) groups is 1. The number of rotatable bonds is 0. The Kier molecular flexibility index (Phi) is 1.72. The number of Topliss-reactive ketones (excluding diaryl/α,β-unsaturated/α-hetero) is 1. The lowest BCUT2D eigenvalue weighted by atomic mass is 10.0. The predicted molar refractivity (Wildman–Crippen MR) is 43.4 cm³/mol. The Bertz CT molecular complexity index is 178. The summed E-state index contributed by atoms with van der Waals surface area (Å²) in [5.41, 5.74) is 0. The van der Waals surface area contributed by atoms with E-state index in [2.05, 4.69) is 4.90 Å². The van der Waals surface area contributed by atoms with Crippen LogP contribution < -0.4 is 0 Å². The van der Waals surface area contributed by atoms with E-state index >= 15 is 0 Å². The molecule has 2 heterocycles. The standard InChI is InChI=1S/C9H15NO/c1-7-9(11)6-8-4-2-3-5-10(7)8/h7-8H,2-6H2,1H3. The first-order valence-corrected chi connectivity index (χ1v) is 4.57. The van der Waals surface area contributed by atoms with Crippen LogP contribution in [-0.2, 0) is 4.79 Å². The normalized spacial score (nSPS) is 39.2. The maximum atomic E-state index is 11.3. The van der Waals surface area contributed by atoms with Gasteiger partial charge in [-0.15, -0.1) is 0 Å². The summed E-state index contributed by atoms with van der Waals surface area (Å²) in [6.07, 6.45) is 4.67. The second-order valence-electron chi connectivity index (χ2n) is 3.73. The fourth-order valence-corrected chi connectivity index (χ4v) is 2.34. The summed E-state index contributed by atoms with van der Waals surface area (Å²) < 4.78 is 0. The molecule has 0 aromatic carbocycles. The first-order valence-electron chi connectivity index (χ1n) is 4.57. The van der Waals surface area contributed by atoms with E-state index in [0.29, 0.717) is 11.8 Å². The van der Waals surface area contributed by atoms with Gasteiger partial charge in [0.2, 0.25) is 0 Å². The van der Waals surface area contributed by atoms with Crippen molar-refractivity contribution in [1.29, 1.82) is 0 Å². The van der Waals surface area contributed by atoms with Crippen molar-refractivity contribution in [2.24, 2.45) is 0 Å². The average molecular weight is 153 g/mol.